The van der Waals surface area contributed by atoms with Crippen LogP contribution in [-0.2, 0) is 10.0 Å². The van der Waals surface area contributed by atoms with E-state index in [1.807, 2.05) is 6.92 Å². The monoisotopic (exact) mass is 235 g/mol. The largest absolute Gasteiger partial charge is 0.396 e. The first-order valence-electron chi connectivity index (χ1n) is 5.66. The predicted octanol–water partition coefficient (Wildman–Crippen LogP) is 0.867. The second-order valence-corrected chi connectivity index (χ2v) is 6.22. The van der Waals surface area contributed by atoms with Crippen LogP contribution in [0.25, 0.3) is 0 Å². The molecule has 4 nitrogen and oxygen atoms in total. The Bertz CT molecular complexity index is 272. The average Bonchev–Trinajstić information content (AvgIpc) is 1.99. The topological polar surface area (TPSA) is 66.4 Å². The minimum absolute atomic E-state index is 0.0632. The fourth-order valence-electron chi connectivity index (χ4n) is 1.78. The highest BCUT2D eigenvalue weighted by Gasteiger charge is 2.26. The van der Waals surface area contributed by atoms with Gasteiger partial charge in [-0.25, -0.2) is 13.1 Å². The molecule has 0 aromatic rings. The fraction of sp³-hybridized carbons (Fsp3) is 1.00. The molecule has 1 aliphatic carbocycles. The van der Waals surface area contributed by atoms with Crippen molar-refractivity contribution in [1.29, 1.82) is 0 Å². The van der Waals surface area contributed by atoms with Gasteiger partial charge in [0.15, 0.2) is 0 Å². The molecule has 5 heteroatoms. The van der Waals surface area contributed by atoms with Crippen molar-refractivity contribution in [2.45, 2.75) is 45.1 Å². The second kappa shape index (κ2) is 5.82. The molecule has 0 aromatic heterocycles. The van der Waals surface area contributed by atoms with Crippen LogP contribution in [0.5, 0.6) is 0 Å². The van der Waals surface area contributed by atoms with Crippen molar-refractivity contribution in [3.05, 3.63) is 0 Å². The van der Waals surface area contributed by atoms with Gasteiger partial charge in [-0.3, -0.25) is 0 Å². The maximum absolute atomic E-state index is 11.6. The van der Waals surface area contributed by atoms with E-state index in [-0.39, 0.29) is 18.4 Å². The molecule has 1 aliphatic rings. The summed E-state index contributed by atoms with van der Waals surface area (Å²) in [7, 11) is -3.14. The van der Waals surface area contributed by atoms with Crippen molar-refractivity contribution in [1.82, 2.24) is 4.72 Å². The van der Waals surface area contributed by atoms with E-state index in [0.29, 0.717) is 18.8 Å². The number of aliphatic hydroxyl groups excluding tert-OH is 1. The van der Waals surface area contributed by atoms with Gasteiger partial charge in [-0.15, -0.1) is 0 Å². The van der Waals surface area contributed by atoms with Crippen LogP contribution in [0.4, 0.5) is 0 Å². The van der Waals surface area contributed by atoms with Gasteiger partial charge in [0.25, 0.3) is 0 Å². The summed E-state index contributed by atoms with van der Waals surface area (Å²) in [6.07, 6.45) is 4.59. The van der Waals surface area contributed by atoms with Crippen LogP contribution < -0.4 is 4.72 Å². The Morgan fingerprint density at radius 1 is 1.40 bits per heavy atom. The Morgan fingerprint density at radius 3 is 2.53 bits per heavy atom. The lowest BCUT2D eigenvalue weighted by Crippen LogP contribution is -2.41. The number of sulfonamides is 1. The molecular formula is C10H21NO3S. The molecule has 1 saturated carbocycles. The molecule has 1 rings (SSSR count). The van der Waals surface area contributed by atoms with E-state index in [0.717, 1.165) is 12.8 Å². The standard InChI is InChI=1S/C10H21NO3S/c1-9(10-5-4-6-10)11-15(13,14)8-3-2-7-12/h9-12H,2-8H2,1H3. The maximum atomic E-state index is 11.6. The Kier molecular flexibility index (Phi) is 5.02. The van der Waals surface area contributed by atoms with Crippen LogP contribution >= 0.6 is 0 Å². The van der Waals surface area contributed by atoms with Gasteiger partial charge in [0.2, 0.25) is 10.0 Å². The molecule has 0 amide bonds. The Hall–Kier alpha value is -0.130. The normalized spacial score (nSPS) is 19.9. The summed E-state index contributed by atoms with van der Waals surface area (Å²) in [5, 5.41) is 8.57. The first kappa shape index (κ1) is 12.9. The summed E-state index contributed by atoms with van der Waals surface area (Å²) in [6.45, 7) is 2.00. The molecule has 0 saturated heterocycles. The van der Waals surface area contributed by atoms with E-state index in [2.05, 4.69) is 4.72 Å². The summed E-state index contributed by atoms with van der Waals surface area (Å²) in [6, 6.07) is 0.0675. The van der Waals surface area contributed by atoms with Crippen molar-refractivity contribution in [3.8, 4) is 0 Å². The smallest absolute Gasteiger partial charge is 0.211 e. The van der Waals surface area contributed by atoms with Crippen LogP contribution in [0.3, 0.4) is 0 Å². The first-order chi connectivity index (χ1) is 7.05. The third kappa shape index (κ3) is 4.49. The van der Waals surface area contributed by atoms with E-state index in [4.69, 9.17) is 5.11 Å². The zero-order valence-electron chi connectivity index (χ0n) is 9.28. The Morgan fingerprint density at radius 2 is 2.07 bits per heavy atom. The molecule has 90 valence electrons. The van der Waals surface area contributed by atoms with Crippen molar-refractivity contribution >= 4 is 10.0 Å². The van der Waals surface area contributed by atoms with Gasteiger partial charge in [0, 0.05) is 12.6 Å². The quantitative estimate of drug-likeness (QED) is 0.643. The molecule has 1 fully saturated rings. The summed E-state index contributed by atoms with van der Waals surface area (Å²) in [5.41, 5.74) is 0. The Labute approximate surface area is 92.1 Å². The van der Waals surface area contributed by atoms with Crippen LogP contribution in [-0.4, -0.2) is 31.9 Å². The number of rotatable bonds is 7. The molecular weight excluding hydrogens is 214 g/mol. The zero-order valence-corrected chi connectivity index (χ0v) is 10.1. The molecule has 0 aliphatic heterocycles. The number of unbranched alkanes of at least 4 members (excludes halogenated alkanes) is 1. The number of hydrogen-bond acceptors (Lipinski definition) is 3. The molecule has 1 atom stereocenters. The fourth-order valence-corrected chi connectivity index (χ4v) is 3.24. The molecule has 0 spiro atoms. The lowest BCUT2D eigenvalue weighted by Gasteiger charge is -2.31. The summed E-state index contributed by atoms with van der Waals surface area (Å²) >= 11 is 0. The summed E-state index contributed by atoms with van der Waals surface area (Å²) < 4.78 is 25.8. The van der Waals surface area contributed by atoms with E-state index < -0.39 is 10.0 Å². The van der Waals surface area contributed by atoms with Crippen molar-refractivity contribution in [2.24, 2.45) is 5.92 Å². The van der Waals surface area contributed by atoms with Gasteiger partial charge in [-0.05, 0) is 38.5 Å². The molecule has 0 bridgehead atoms. The molecule has 2 N–H and O–H groups in total. The van der Waals surface area contributed by atoms with Gasteiger partial charge >= 0.3 is 0 Å². The van der Waals surface area contributed by atoms with Gasteiger partial charge in [-0.2, -0.15) is 0 Å². The predicted molar refractivity (Wildman–Crippen MR) is 60.0 cm³/mol. The van der Waals surface area contributed by atoms with Crippen LogP contribution in [0, 0.1) is 5.92 Å². The van der Waals surface area contributed by atoms with E-state index in [1.165, 1.54) is 6.42 Å². The lowest BCUT2D eigenvalue weighted by atomic mass is 9.81. The second-order valence-electron chi connectivity index (χ2n) is 4.35. The molecule has 1 unspecified atom stereocenters. The lowest BCUT2D eigenvalue weighted by molar-refractivity contribution is 0.260. The zero-order chi connectivity index (χ0) is 11.3. The molecule has 15 heavy (non-hydrogen) atoms. The molecule has 0 aromatic carbocycles. The highest BCUT2D eigenvalue weighted by atomic mass is 32.2. The minimum Gasteiger partial charge on any atom is -0.396 e. The highest BCUT2D eigenvalue weighted by Crippen LogP contribution is 2.29. The van der Waals surface area contributed by atoms with Gasteiger partial charge in [-0.1, -0.05) is 6.42 Å². The van der Waals surface area contributed by atoms with Gasteiger partial charge in [0.1, 0.15) is 0 Å². The number of aliphatic hydroxyl groups is 1. The van der Waals surface area contributed by atoms with Gasteiger partial charge in [0.05, 0.1) is 5.75 Å². The van der Waals surface area contributed by atoms with Crippen LogP contribution in [0.1, 0.15) is 39.0 Å². The minimum atomic E-state index is -3.14. The first-order valence-corrected chi connectivity index (χ1v) is 7.31. The van der Waals surface area contributed by atoms with Crippen LogP contribution in [0.15, 0.2) is 0 Å². The number of nitrogens with one attached hydrogen (secondary N) is 1. The molecule has 0 radical (unpaired) electrons. The van der Waals surface area contributed by atoms with E-state index in [9.17, 15) is 8.42 Å². The average molecular weight is 235 g/mol. The van der Waals surface area contributed by atoms with Crippen molar-refractivity contribution in [2.75, 3.05) is 12.4 Å². The summed E-state index contributed by atoms with van der Waals surface area (Å²) in [5.74, 6) is 0.655. The van der Waals surface area contributed by atoms with Gasteiger partial charge < -0.3 is 5.11 Å². The third-order valence-electron chi connectivity index (χ3n) is 3.04. The third-order valence-corrected chi connectivity index (χ3v) is 4.60. The van der Waals surface area contributed by atoms with Crippen LogP contribution in [0.2, 0.25) is 0 Å². The summed E-state index contributed by atoms with van der Waals surface area (Å²) in [4.78, 5) is 0. The van der Waals surface area contributed by atoms with Crippen molar-refractivity contribution < 1.29 is 13.5 Å². The SMILES string of the molecule is CC(NS(=O)(=O)CCCCO)C1CCC1. The Balaban J connectivity index is 2.27. The van der Waals surface area contributed by atoms with E-state index in [1.54, 1.807) is 0 Å². The van der Waals surface area contributed by atoms with E-state index >= 15 is 0 Å². The maximum Gasteiger partial charge on any atom is 0.211 e. The molecule has 0 heterocycles. The highest BCUT2D eigenvalue weighted by molar-refractivity contribution is 7.89. The number of hydrogen-bond donors (Lipinski definition) is 2. The van der Waals surface area contributed by atoms with Crippen molar-refractivity contribution in [3.63, 3.8) is 0 Å².